The van der Waals surface area contributed by atoms with Gasteiger partial charge in [-0.25, -0.2) is 4.39 Å². The summed E-state index contributed by atoms with van der Waals surface area (Å²) in [6, 6.07) is 1.94. The van der Waals surface area contributed by atoms with E-state index in [1.165, 1.54) is 25.5 Å². The molecular formula is C15H21FN2. The molecule has 2 aliphatic rings. The molecule has 2 aliphatic carbocycles. The van der Waals surface area contributed by atoms with Crippen molar-refractivity contribution in [1.82, 2.24) is 10.3 Å². The number of aromatic nitrogens is 1. The van der Waals surface area contributed by atoms with Gasteiger partial charge < -0.3 is 5.32 Å². The summed E-state index contributed by atoms with van der Waals surface area (Å²) in [5.41, 5.74) is 1.02. The normalized spacial score (nSPS) is 31.1. The van der Waals surface area contributed by atoms with Crippen LogP contribution in [0.5, 0.6) is 0 Å². The fourth-order valence-corrected chi connectivity index (χ4v) is 3.49. The quantitative estimate of drug-likeness (QED) is 0.864. The smallest absolute Gasteiger partial charge is 0.141 e. The molecule has 0 spiro atoms. The van der Waals surface area contributed by atoms with Crippen molar-refractivity contribution in [3.05, 3.63) is 29.8 Å². The molecule has 18 heavy (non-hydrogen) atoms. The average Bonchev–Trinajstić information content (AvgIpc) is 2.97. The molecule has 0 aromatic carbocycles. The molecule has 0 aliphatic heterocycles. The van der Waals surface area contributed by atoms with Crippen LogP contribution in [-0.4, -0.2) is 11.5 Å². The Morgan fingerprint density at radius 3 is 2.78 bits per heavy atom. The summed E-state index contributed by atoms with van der Waals surface area (Å²) in [7, 11) is 0. The summed E-state index contributed by atoms with van der Waals surface area (Å²) in [5, 5.41) is 3.59. The van der Waals surface area contributed by atoms with Gasteiger partial charge in [0.2, 0.25) is 0 Å². The van der Waals surface area contributed by atoms with E-state index in [4.69, 9.17) is 0 Å². The summed E-state index contributed by atoms with van der Waals surface area (Å²) in [5.74, 6) is 2.37. The molecule has 0 saturated heterocycles. The zero-order chi connectivity index (χ0) is 12.5. The molecule has 3 unspecified atom stereocenters. The second-order valence-corrected chi connectivity index (χ2v) is 5.86. The van der Waals surface area contributed by atoms with Gasteiger partial charge in [0.25, 0.3) is 0 Å². The van der Waals surface area contributed by atoms with Crippen LogP contribution in [-0.2, 0) is 0 Å². The van der Waals surface area contributed by atoms with Gasteiger partial charge in [-0.15, -0.1) is 0 Å². The third kappa shape index (κ3) is 2.41. The standard InChI is InChI=1S/C15H21FN2/c1-2-3-18-15(12-5-10-4-11(10)6-12)13-7-14(16)9-17-8-13/h7-12,15,18H,2-6H2,1H3. The fourth-order valence-electron chi connectivity index (χ4n) is 3.49. The van der Waals surface area contributed by atoms with Gasteiger partial charge in [-0.1, -0.05) is 6.92 Å². The van der Waals surface area contributed by atoms with Crippen LogP contribution < -0.4 is 5.32 Å². The Morgan fingerprint density at radius 2 is 2.11 bits per heavy atom. The maximum absolute atomic E-state index is 13.3. The van der Waals surface area contributed by atoms with Gasteiger partial charge in [0, 0.05) is 12.2 Å². The molecule has 2 nitrogen and oxygen atoms in total. The van der Waals surface area contributed by atoms with E-state index in [1.807, 2.05) is 6.20 Å². The molecule has 0 radical (unpaired) electrons. The van der Waals surface area contributed by atoms with Gasteiger partial charge in [-0.3, -0.25) is 4.98 Å². The Balaban J connectivity index is 1.76. The van der Waals surface area contributed by atoms with Crippen molar-refractivity contribution in [3.8, 4) is 0 Å². The highest BCUT2D eigenvalue weighted by Gasteiger charge is 2.48. The highest BCUT2D eigenvalue weighted by Crippen LogP contribution is 2.57. The predicted octanol–water partition coefficient (Wildman–Crippen LogP) is 3.31. The van der Waals surface area contributed by atoms with Crippen LogP contribution in [0.2, 0.25) is 0 Å². The summed E-state index contributed by atoms with van der Waals surface area (Å²) in [6.07, 6.45) is 8.26. The van der Waals surface area contributed by atoms with Crippen molar-refractivity contribution in [2.75, 3.05) is 6.54 Å². The molecule has 3 rings (SSSR count). The lowest BCUT2D eigenvalue weighted by Gasteiger charge is -2.26. The molecule has 0 bridgehead atoms. The van der Waals surface area contributed by atoms with Gasteiger partial charge in [0.05, 0.1) is 6.20 Å². The molecule has 0 amide bonds. The lowest BCUT2D eigenvalue weighted by molar-refractivity contribution is 0.340. The first kappa shape index (κ1) is 12.1. The van der Waals surface area contributed by atoms with Crippen LogP contribution in [0.4, 0.5) is 4.39 Å². The van der Waals surface area contributed by atoms with Crippen molar-refractivity contribution < 1.29 is 4.39 Å². The van der Waals surface area contributed by atoms with Crippen molar-refractivity contribution in [3.63, 3.8) is 0 Å². The number of nitrogens with zero attached hydrogens (tertiary/aromatic N) is 1. The number of hydrogen-bond acceptors (Lipinski definition) is 2. The Bertz CT molecular complexity index is 411. The van der Waals surface area contributed by atoms with E-state index in [0.717, 1.165) is 30.4 Å². The van der Waals surface area contributed by atoms with Crippen LogP contribution >= 0.6 is 0 Å². The van der Waals surface area contributed by atoms with E-state index < -0.39 is 0 Å². The fraction of sp³-hybridized carbons (Fsp3) is 0.667. The molecule has 1 aromatic heterocycles. The molecular weight excluding hydrogens is 227 g/mol. The summed E-state index contributed by atoms with van der Waals surface area (Å²) < 4.78 is 13.3. The summed E-state index contributed by atoms with van der Waals surface area (Å²) >= 11 is 0. The number of rotatable bonds is 5. The SMILES string of the molecule is CCCNC(c1cncc(F)c1)C1CC2CC2C1. The monoisotopic (exact) mass is 248 g/mol. The van der Waals surface area contributed by atoms with E-state index in [2.05, 4.69) is 17.2 Å². The topological polar surface area (TPSA) is 24.9 Å². The second kappa shape index (κ2) is 4.96. The van der Waals surface area contributed by atoms with Gasteiger partial charge in [0.1, 0.15) is 5.82 Å². The zero-order valence-corrected chi connectivity index (χ0v) is 10.9. The molecule has 3 heteroatoms. The maximum atomic E-state index is 13.3. The van der Waals surface area contributed by atoms with E-state index in [1.54, 1.807) is 6.07 Å². The minimum Gasteiger partial charge on any atom is -0.310 e. The van der Waals surface area contributed by atoms with E-state index >= 15 is 0 Å². The van der Waals surface area contributed by atoms with E-state index in [0.29, 0.717) is 12.0 Å². The maximum Gasteiger partial charge on any atom is 0.141 e. The van der Waals surface area contributed by atoms with Gasteiger partial charge in [-0.05, 0) is 61.6 Å². The van der Waals surface area contributed by atoms with Crippen molar-refractivity contribution in [2.45, 2.75) is 38.6 Å². The van der Waals surface area contributed by atoms with Crippen LogP contribution in [0.15, 0.2) is 18.5 Å². The van der Waals surface area contributed by atoms with Gasteiger partial charge >= 0.3 is 0 Å². The number of pyridine rings is 1. The molecule has 1 aromatic rings. The number of halogens is 1. The molecule has 1 heterocycles. The molecule has 1 N–H and O–H groups in total. The van der Waals surface area contributed by atoms with Crippen molar-refractivity contribution >= 4 is 0 Å². The molecule has 3 atom stereocenters. The van der Waals surface area contributed by atoms with Gasteiger partial charge in [0.15, 0.2) is 0 Å². The summed E-state index contributed by atoms with van der Waals surface area (Å²) in [6.45, 7) is 3.16. The largest absolute Gasteiger partial charge is 0.310 e. The predicted molar refractivity (Wildman–Crippen MR) is 69.6 cm³/mol. The van der Waals surface area contributed by atoms with Crippen molar-refractivity contribution in [2.24, 2.45) is 17.8 Å². The molecule has 2 saturated carbocycles. The Labute approximate surface area is 108 Å². The Hall–Kier alpha value is -0.960. The molecule has 2 fully saturated rings. The van der Waals surface area contributed by atoms with Gasteiger partial charge in [-0.2, -0.15) is 0 Å². The highest BCUT2D eigenvalue weighted by atomic mass is 19.1. The minimum absolute atomic E-state index is 0.223. The van der Waals surface area contributed by atoms with Crippen molar-refractivity contribution in [1.29, 1.82) is 0 Å². The number of hydrogen-bond donors (Lipinski definition) is 1. The van der Waals surface area contributed by atoms with Crippen LogP contribution in [0.25, 0.3) is 0 Å². The Morgan fingerprint density at radius 1 is 1.33 bits per heavy atom. The first-order valence-corrected chi connectivity index (χ1v) is 7.11. The summed E-state index contributed by atoms with van der Waals surface area (Å²) in [4.78, 5) is 4.00. The third-order valence-corrected chi connectivity index (χ3v) is 4.45. The average molecular weight is 248 g/mol. The van der Waals surface area contributed by atoms with Crippen LogP contribution in [0.1, 0.15) is 44.2 Å². The van der Waals surface area contributed by atoms with E-state index in [9.17, 15) is 4.39 Å². The first-order valence-electron chi connectivity index (χ1n) is 7.11. The number of nitrogens with one attached hydrogen (secondary N) is 1. The Kier molecular flexibility index (Phi) is 3.33. The second-order valence-electron chi connectivity index (χ2n) is 5.86. The first-order chi connectivity index (χ1) is 8.78. The van der Waals surface area contributed by atoms with Crippen LogP contribution in [0, 0.1) is 23.6 Å². The van der Waals surface area contributed by atoms with E-state index in [-0.39, 0.29) is 5.82 Å². The molecule has 98 valence electrons. The lowest BCUT2D eigenvalue weighted by atomic mass is 9.89. The minimum atomic E-state index is -0.223. The zero-order valence-electron chi connectivity index (χ0n) is 10.9. The third-order valence-electron chi connectivity index (χ3n) is 4.45. The lowest BCUT2D eigenvalue weighted by Crippen LogP contribution is -2.28. The number of fused-ring (bicyclic) bond motifs is 1. The van der Waals surface area contributed by atoms with Crippen LogP contribution in [0.3, 0.4) is 0 Å². The highest BCUT2D eigenvalue weighted by molar-refractivity contribution is 5.18.